The van der Waals surface area contributed by atoms with Crippen molar-refractivity contribution in [3.8, 4) is 0 Å². The molecule has 9 rings (SSSR count). The Bertz CT molecular complexity index is 2430. The number of Topliss-reactive ketones (excluding diaryl/α,β-unsaturated/α-hetero) is 1. The topological polar surface area (TPSA) is 152 Å². The second-order valence-electron chi connectivity index (χ2n) is 23.9. The van der Waals surface area contributed by atoms with Crippen molar-refractivity contribution in [3.05, 3.63) is 111 Å². The fourth-order valence-corrected chi connectivity index (χ4v) is 20.0. The fourth-order valence-electron chi connectivity index (χ4n) is 11.5. The molecule has 3 saturated carbocycles. The van der Waals surface area contributed by atoms with E-state index in [-0.39, 0.29) is 77.9 Å². The van der Waals surface area contributed by atoms with Gasteiger partial charge in [0.25, 0.3) is 5.24 Å². The first-order chi connectivity index (χ1) is 37.3. The zero-order valence-corrected chi connectivity index (χ0v) is 53.4. The first-order valence-electron chi connectivity index (χ1n) is 29.5. The number of nitrogens with one attached hydrogen (secondary N) is 1. The molecule has 5 amide bonds. The average Bonchev–Trinajstić information content (AvgIpc) is 3.33. The molecule has 3 saturated heterocycles. The molecule has 0 aromatic heterocycles. The van der Waals surface area contributed by atoms with Crippen molar-refractivity contribution in [1.29, 1.82) is 1.34 Å². The van der Waals surface area contributed by atoms with Crippen LogP contribution in [0.5, 0.6) is 0 Å². The van der Waals surface area contributed by atoms with Crippen LogP contribution in [0.1, 0.15) is 172 Å². The Kier molecular flexibility index (Phi) is 30.1. The first kappa shape index (κ1) is 68.1. The van der Waals surface area contributed by atoms with Crippen LogP contribution in [0.2, 0.25) is 46.1 Å². The van der Waals surface area contributed by atoms with Crippen molar-refractivity contribution >= 4 is 92.5 Å². The summed E-state index contributed by atoms with van der Waals surface area (Å²) in [6.45, 7) is 19.4. The summed E-state index contributed by atoms with van der Waals surface area (Å²) in [6, 6.07) is 25.1. The van der Waals surface area contributed by atoms with E-state index in [9.17, 15) is 33.6 Å². The number of aryl methyl sites for hydroxylation is 2. The summed E-state index contributed by atoms with van der Waals surface area (Å²) in [6.07, 6.45) is 21.1. The molecule has 11 nitrogen and oxygen atoms in total. The first-order valence-corrected chi connectivity index (χ1v) is 36.7. The normalized spacial score (nSPS) is 23.6. The molecule has 3 aliphatic heterocycles. The zero-order chi connectivity index (χ0) is 58.5. The minimum absolute atomic E-state index is 0. The Hall–Kier alpha value is -3.41. The van der Waals surface area contributed by atoms with Crippen LogP contribution in [0, 0.1) is 37.5 Å². The third kappa shape index (κ3) is 23.4. The molecule has 424 valence electrons. The Morgan fingerprint density at radius 3 is 1.62 bits per heavy atom. The summed E-state index contributed by atoms with van der Waals surface area (Å²) in [4.78, 5) is 86.3. The number of carbonyl (C=O) groups is 7. The smallest absolute Gasteiger partial charge is 0.668 e. The molecule has 2 radical (unpaired) electrons. The van der Waals surface area contributed by atoms with Gasteiger partial charge in [0.15, 0.2) is 5.78 Å². The van der Waals surface area contributed by atoms with E-state index in [1.54, 1.807) is 23.9 Å². The number of amides is 5. The van der Waals surface area contributed by atoms with Gasteiger partial charge in [0.2, 0.25) is 29.3 Å². The monoisotopic (exact) mass is 1140 g/mol. The van der Waals surface area contributed by atoms with Crippen molar-refractivity contribution in [1.82, 2.24) is 15.1 Å². The fraction of sp³-hybridized carbons (Fsp3) is 0.590. The van der Waals surface area contributed by atoms with Gasteiger partial charge in [-0.1, -0.05) is 217 Å². The van der Waals surface area contributed by atoms with E-state index in [2.05, 4.69) is 44.6 Å². The number of likely N-dealkylation sites (tertiary alicyclic amines) is 2. The quantitative estimate of drug-likeness (QED) is 0.0589. The van der Waals surface area contributed by atoms with Crippen molar-refractivity contribution in [3.63, 3.8) is 0 Å². The van der Waals surface area contributed by atoms with Gasteiger partial charge in [0.1, 0.15) is 0 Å². The molecule has 79 heavy (non-hydrogen) atoms. The molecule has 3 aromatic rings. The summed E-state index contributed by atoms with van der Waals surface area (Å²) >= 11 is 5.22. The molecule has 6 fully saturated rings. The summed E-state index contributed by atoms with van der Waals surface area (Å²) < 4.78 is 11.2. The van der Waals surface area contributed by atoms with E-state index >= 15 is 0 Å². The standard InChI is InChI=1S/C27H37NO3.C10H10NO2P.C9H15NO.C8H7ClO.C6H18NSi2.CH4B2.Li/c1-19-14-16-20(17-15-19)25(29)18-21-10-6-2-3-7-11-22(21)26(30)28-24-13-9-5-4-8-12-23(24)27(28)31;12-9-6-8(11(9)10(13)14)7-4-2-1-3-5-7;11-9-7-5-3-1-2-4-6-8(7)10-9;1-6-2-4-7(5-3-6)8(9)10;1-8(2,3)7-9(4,5)6;1-3-2;/h14-17,21-24H,2-13,18H2,1H3;1-5,8H,6,14H2;7-8H,1-6H2,(H,10,11);2-5H,1H3;1-6H3;3H,1H3;/q;;;;-1;;+1/t21-,22-,23-,24+;;7-,8+;;;;/m1.1..../s1/i;;;;;3T;. The van der Waals surface area contributed by atoms with Crippen LogP contribution in [-0.4, -0.2) is 94.9 Å². The van der Waals surface area contributed by atoms with Crippen molar-refractivity contribution in [2.24, 2.45) is 23.7 Å². The maximum atomic E-state index is 13.7. The molecular formula is C61H91B2ClLiN4O7PSi2. The predicted octanol–water partition coefficient (Wildman–Crippen LogP) is 11.2. The van der Waals surface area contributed by atoms with E-state index in [1.807, 2.05) is 89.8 Å². The number of ketones is 1. The van der Waals surface area contributed by atoms with Gasteiger partial charge in [-0.15, -0.1) is 0 Å². The third-order valence-electron chi connectivity index (χ3n) is 15.2. The molecular weight excluding hydrogens is 1050 g/mol. The maximum Gasteiger partial charge on any atom is 1.00 e. The van der Waals surface area contributed by atoms with Gasteiger partial charge in [0, 0.05) is 37.2 Å². The number of hydrogen-bond donors (Lipinski definition) is 1. The van der Waals surface area contributed by atoms with E-state index in [0.717, 1.165) is 86.5 Å². The second-order valence-corrected chi connectivity index (χ2v) is 34.4. The van der Waals surface area contributed by atoms with E-state index in [1.165, 1.54) is 56.3 Å². The Labute approximate surface area is 499 Å². The Morgan fingerprint density at radius 1 is 0.684 bits per heavy atom. The zero-order valence-electron chi connectivity index (χ0n) is 50.5. The van der Waals surface area contributed by atoms with Crippen molar-refractivity contribution in [2.45, 2.75) is 206 Å². The molecule has 8 atom stereocenters. The van der Waals surface area contributed by atoms with E-state index < -0.39 is 28.8 Å². The predicted molar refractivity (Wildman–Crippen MR) is 331 cm³/mol. The van der Waals surface area contributed by atoms with Crippen molar-refractivity contribution in [2.75, 3.05) is 0 Å². The number of carbonyl (C=O) groups excluding carboxylic acids is 7. The summed E-state index contributed by atoms with van der Waals surface area (Å²) in [5.41, 5.74) is 4.31. The number of halogens is 1. The van der Waals surface area contributed by atoms with Crippen LogP contribution in [0.4, 0.5) is 4.79 Å². The van der Waals surface area contributed by atoms with Gasteiger partial charge in [-0.3, -0.25) is 43.4 Å². The van der Waals surface area contributed by atoms with Gasteiger partial charge in [-0.25, -0.2) is 0 Å². The maximum absolute atomic E-state index is 13.7. The SMILES string of the molecule is C[Si](C)(C)[N-][Si](C)(C)C.Cc1ccc(C(=O)C[C@H]2CCCCCC[C@H]2C(=O)N2C(=O)[C@@H]3CCCCCC[C@@H]32)cc1.Cc1ccc(C(=O)Cl)cc1.O=C(P)N1C(=O)CC1c1ccccc1.O=C1N[C@H]2CCCCCC[C@@H]12.[3H]B([B])C.[Li+]. The summed E-state index contributed by atoms with van der Waals surface area (Å²) in [5.74, 6) is 0.712. The number of nitrogens with zero attached hydrogens (tertiary/aromatic N) is 3. The van der Waals surface area contributed by atoms with Crippen LogP contribution in [0.25, 0.3) is 4.65 Å². The third-order valence-corrected chi connectivity index (χ3v) is 21.0. The molecule has 3 aliphatic carbocycles. The van der Waals surface area contributed by atoms with Crippen molar-refractivity contribution < 1.29 is 52.4 Å². The van der Waals surface area contributed by atoms with Crippen LogP contribution in [-0.2, 0) is 19.2 Å². The van der Waals surface area contributed by atoms with Crippen LogP contribution >= 0.6 is 20.8 Å². The van der Waals surface area contributed by atoms with Gasteiger partial charge in [-0.2, -0.15) is 0 Å². The van der Waals surface area contributed by atoms with Gasteiger partial charge in [0.05, 0.1) is 37.5 Å². The average molecular weight is 1150 g/mol. The van der Waals surface area contributed by atoms with Gasteiger partial charge < -0.3 is 9.96 Å². The number of hydrogen-bond acceptors (Lipinski definition) is 7. The molecule has 3 aromatic carbocycles. The Morgan fingerprint density at radius 2 is 1.15 bits per heavy atom. The van der Waals surface area contributed by atoms with Crippen LogP contribution < -0.4 is 24.2 Å². The molecule has 0 bridgehead atoms. The molecule has 6 aliphatic rings. The van der Waals surface area contributed by atoms with Crippen LogP contribution in [0.15, 0.2) is 78.9 Å². The largest absolute Gasteiger partial charge is 1.00 e. The van der Waals surface area contributed by atoms with E-state index in [0.29, 0.717) is 36.3 Å². The second kappa shape index (κ2) is 34.9. The number of rotatable bonds is 8. The Balaban J connectivity index is 0.000000285. The minimum Gasteiger partial charge on any atom is -0.668 e. The molecule has 2 unspecified atom stereocenters. The van der Waals surface area contributed by atoms with Crippen LogP contribution in [0.3, 0.4) is 0 Å². The summed E-state index contributed by atoms with van der Waals surface area (Å²) in [7, 11) is 4.18. The summed E-state index contributed by atoms with van der Waals surface area (Å²) in [5, 5.41) is 2.57. The molecule has 0 spiro atoms. The number of β-lactam (4-membered cyclic amide) rings is 3. The minimum atomic E-state index is -1.11. The number of imide groups is 2. The molecule has 1 N–H and O–H groups in total. The van der Waals surface area contributed by atoms with Gasteiger partial charge in [-0.05, 0) is 98.2 Å². The van der Waals surface area contributed by atoms with Gasteiger partial charge >= 0.3 is 18.9 Å². The molecule has 18 heteroatoms. The number of benzene rings is 3. The van der Waals surface area contributed by atoms with E-state index in [4.69, 9.17) is 25.3 Å². The molecule has 3 heterocycles. The number of fused-ring (bicyclic) bond motifs is 2.